The van der Waals surface area contributed by atoms with Gasteiger partial charge in [0.25, 0.3) is 5.91 Å². The van der Waals surface area contributed by atoms with Crippen LogP contribution in [0, 0.1) is 0 Å². The van der Waals surface area contributed by atoms with Crippen LogP contribution in [0.15, 0.2) is 71.1 Å². The van der Waals surface area contributed by atoms with Gasteiger partial charge in [0, 0.05) is 7.11 Å². The minimum absolute atomic E-state index is 0.0957. The zero-order valence-electron chi connectivity index (χ0n) is 17.7. The van der Waals surface area contributed by atoms with Crippen molar-refractivity contribution >= 4 is 34.6 Å². The van der Waals surface area contributed by atoms with Crippen LogP contribution in [-0.4, -0.2) is 49.4 Å². The molecule has 162 valence electrons. The van der Waals surface area contributed by atoms with Crippen LogP contribution in [0.25, 0.3) is 6.08 Å². The molecule has 6 nitrogen and oxygen atoms in total. The van der Waals surface area contributed by atoms with Crippen LogP contribution in [-0.2, 0) is 9.53 Å². The molecular weight excluding hydrogens is 412 g/mol. The molecule has 3 rings (SSSR count). The molecule has 0 unspecified atom stereocenters. The molecule has 2 aromatic carbocycles. The van der Waals surface area contributed by atoms with Gasteiger partial charge in [-0.25, -0.2) is 4.99 Å². The van der Waals surface area contributed by atoms with Crippen LogP contribution >= 0.6 is 11.8 Å². The van der Waals surface area contributed by atoms with Gasteiger partial charge in [-0.1, -0.05) is 36.9 Å². The number of methoxy groups -OCH3 is 1. The fourth-order valence-corrected chi connectivity index (χ4v) is 3.91. The van der Waals surface area contributed by atoms with E-state index in [1.54, 1.807) is 18.1 Å². The Labute approximate surface area is 187 Å². The molecular formula is C24H26N2O4S. The molecule has 0 spiro atoms. The summed E-state index contributed by atoms with van der Waals surface area (Å²) in [4.78, 5) is 20.0. The summed E-state index contributed by atoms with van der Waals surface area (Å²) in [5, 5.41) is 0.635. The van der Waals surface area contributed by atoms with Gasteiger partial charge in [0.2, 0.25) is 0 Å². The van der Waals surface area contributed by atoms with E-state index in [0.29, 0.717) is 47.9 Å². The Morgan fingerprint density at radius 2 is 1.94 bits per heavy atom. The first-order valence-corrected chi connectivity index (χ1v) is 10.8. The van der Waals surface area contributed by atoms with Crippen molar-refractivity contribution < 1.29 is 19.0 Å². The molecule has 0 saturated carbocycles. The molecule has 0 N–H and O–H groups in total. The van der Waals surface area contributed by atoms with E-state index in [2.05, 4.69) is 11.6 Å². The quantitative estimate of drug-likeness (QED) is 0.390. The molecule has 0 radical (unpaired) electrons. The fraction of sp³-hybridized carbons (Fsp3) is 0.250. The van der Waals surface area contributed by atoms with Gasteiger partial charge in [0.15, 0.2) is 16.7 Å². The van der Waals surface area contributed by atoms with E-state index >= 15 is 0 Å². The van der Waals surface area contributed by atoms with Gasteiger partial charge in [-0.15, -0.1) is 0 Å². The highest BCUT2D eigenvalue weighted by atomic mass is 32.2. The summed E-state index contributed by atoms with van der Waals surface area (Å²) in [6, 6.07) is 15.2. The predicted molar refractivity (Wildman–Crippen MR) is 126 cm³/mol. The smallest absolute Gasteiger partial charge is 0.266 e. The molecule has 0 atom stereocenters. The number of carbonyl (C=O) groups excluding carboxylic acids is 1. The van der Waals surface area contributed by atoms with Gasteiger partial charge < -0.3 is 14.2 Å². The number of aliphatic imine (C=N–C) groups is 1. The van der Waals surface area contributed by atoms with Crippen LogP contribution in [0.2, 0.25) is 0 Å². The first kappa shape index (κ1) is 22.7. The minimum atomic E-state index is -0.0957. The second-order valence-electron chi connectivity index (χ2n) is 6.53. The molecule has 31 heavy (non-hydrogen) atoms. The maximum Gasteiger partial charge on any atom is 0.266 e. The van der Waals surface area contributed by atoms with Crippen LogP contribution < -0.4 is 9.47 Å². The lowest BCUT2D eigenvalue weighted by Crippen LogP contribution is -2.32. The lowest BCUT2D eigenvalue weighted by Gasteiger charge is -2.14. The molecule has 0 bridgehead atoms. The van der Waals surface area contributed by atoms with Gasteiger partial charge >= 0.3 is 0 Å². The first-order chi connectivity index (χ1) is 15.2. The van der Waals surface area contributed by atoms with Crippen molar-refractivity contribution in [3.05, 3.63) is 71.7 Å². The number of benzene rings is 2. The van der Waals surface area contributed by atoms with Crippen molar-refractivity contribution in [2.45, 2.75) is 6.92 Å². The molecule has 0 aliphatic carbocycles. The van der Waals surface area contributed by atoms with Gasteiger partial charge in [-0.05, 0) is 54.6 Å². The van der Waals surface area contributed by atoms with Crippen molar-refractivity contribution in [2.75, 3.05) is 33.5 Å². The largest absolute Gasteiger partial charge is 0.490 e. The Bertz CT molecular complexity index is 973. The van der Waals surface area contributed by atoms with Crippen LogP contribution in [0.3, 0.4) is 0 Å². The minimum Gasteiger partial charge on any atom is -0.490 e. The van der Waals surface area contributed by atoms with E-state index in [0.717, 1.165) is 11.3 Å². The number of nitrogens with zero attached hydrogens (tertiary/aromatic N) is 2. The molecule has 1 fully saturated rings. The Morgan fingerprint density at radius 3 is 2.65 bits per heavy atom. The maximum atomic E-state index is 13.1. The van der Waals surface area contributed by atoms with Crippen molar-refractivity contribution in [3.63, 3.8) is 0 Å². The van der Waals surface area contributed by atoms with E-state index in [4.69, 9.17) is 14.2 Å². The zero-order chi connectivity index (χ0) is 22.1. The third-order valence-electron chi connectivity index (χ3n) is 4.31. The summed E-state index contributed by atoms with van der Waals surface area (Å²) in [5.74, 6) is 1.17. The average molecular weight is 439 g/mol. The molecule has 0 aromatic heterocycles. The number of amidine groups is 1. The summed E-state index contributed by atoms with van der Waals surface area (Å²) in [6.07, 6.45) is 3.53. The van der Waals surface area contributed by atoms with E-state index < -0.39 is 0 Å². The van der Waals surface area contributed by atoms with Gasteiger partial charge in [-0.2, -0.15) is 0 Å². The second-order valence-corrected chi connectivity index (χ2v) is 7.54. The van der Waals surface area contributed by atoms with Crippen molar-refractivity contribution in [3.8, 4) is 11.5 Å². The van der Waals surface area contributed by atoms with Gasteiger partial charge in [-0.3, -0.25) is 9.69 Å². The van der Waals surface area contributed by atoms with Crippen LogP contribution in [0.1, 0.15) is 12.5 Å². The summed E-state index contributed by atoms with van der Waals surface area (Å²) in [5.41, 5.74) is 1.64. The highest BCUT2D eigenvalue weighted by Crippen LogP contribution is 2.35. The number of amides is 1. The molecule has 1 amide bonds. The molecule has 7 heteroatoms. The summed E-state index contributed by atoms with van der Waals surface area (Å²) < 4.78 is 16.5. The van der Waals surface area contributed by atoms with E-state index in [1.165, 1.54) is 11.8 Å². The van der Waals surface area contributed by atoms with Crippen LogP contribution in [0.5, 0.6) is 11.5 Å². The van der Waals surface area contributed by atoms with Gasteiger partial charge in [0.05, 0.1) is 30.4 Å². The monoisotopic (exact) mass is 438 g/mol. The Balaban J connectivity index is 1.90. The number of para-hydroxylation sites is 1. The molecule has 1 saturated heterocycles. The molecule has 1 aliphatic heterocycles. The van der Waals surface area contributed by atoms with E-state index in [1.807, 2.05) is 61.5 Å². The highest BCUT2D eigenvalue weighted by Gasteiger charge is 2.33. The molecule has 1 heterocycles. The third kappa shape index (κ3) is 5.99. The first-order valence-electron chi connectivity index (χ1n) is 10.0. The summed E-state index contributed by atoms with van der Waals surface area (Å²) >= 11 is 1.35. The number of hydrogen-bond donors (Lipinski definition) is 0. The topological polar surface area (TPSA) is 60.4 Å². The van der Waals surface area contributed by atoms with E-state index in [-0.39, 0.29) is 5.91 Å². The summed E-state index contributed by atoms with van der Waals surface area (Å²) in [6.45, 7) is 7.35. The lowest BCUT2D eigenvalue weighted by atomic mass is 10.2. The summed E-state index contributed by atoms with van der Waals surface area (Å²) in [7, 11) is 1.61. The predicted octanol–water partition coefficient (Wildman–Crippen LogP) is 4.90. The van der Waals surface area contributed by atoms with Crippen molar-refractivity contribution in [2.24, 2.45) is 4.99 Å². The Hall–Kier alpha value is -3.03. The number of carbonyl (C=O) groups is 1. The van der Waals surface area contributed by atoms with Crippen molar-refractivity contribution in [1.29, 1.82) is 0 Å². The van der Waals surface area contributed by atoms with E-state index in [9.17, 15) is 4.79 Å². The Morgan fingerprint density at radius 1 is 1.13 bits per heavy atom. The standard InChI is InChI=1S/C24H26N2O4S/c1-4-14-30-20-12-11-18(16-21(20)29-5-2)17-22-23(27)26(13-15-28-3)24(31-22)25-19-9-7-6-8-10-19/h4,6-12,16-17H,1,5,13-15H2,2-3H3/b22-17+,25-24?. The third-order valence-corrected chi connectivity index (χ3v) is 5.32. The molecule has 1 aliphatic rings. The fourth-order valence-electron chi connectivity index (χ4n) is 2.89. The van der Waals surface area contributed by atoms with Crippen LogP contribution in [0.4, 0.5) is 5.69 Å². The normalized spacial score (nSPS) is 16.2. The average Bonchev–Trinajstić information content (AvgIpc) is 3.06. The number of rotatable bonds is 10. The second kappa shape index (κ2) is 11.4. The SMILES string of the molecule is C=CCOc1ccc(/C=C2/SC(=Nc3ccccc3)N(CCOC)C2=O)cc1OCC. The van der Waals surface area contributed by atoms with Crippen molar-refractivity contribution in [1.82, 2.24) is 4.90 Å². The lowest BCUT2D eigenvalue weighted by molar-refractivity contribution is -0.122. The Kier molecular flexibility index (Phi) is 8.32. The maximum absolute atomic E-state index is 13.1. The zero-order valence-corrected chi connectivity index (χ0v) is 18.6. The number of thioether (sulfide) groups is 1. The van der Waals surface area contributed by atoms with Gasteiger partial charge in [0.1, 0.15) is 6.61 Å². The number of ether oxygens (including phenoxy) is 3. The highest BCUT2D eigenvalue weighted by molar-refractivity contribution is 8.18. The molecule has 2 aromatic rings. The number of hydrogen-bond acceptors (Lipinski definition) is 6.